The van der Waals surface area contributed by atoms with Crippen molar-refractivity contribution in [2.24, 2.45) is 10.9 Å². The molecule has 4 N–H and O–H groups in total. The van der Waals surface area contributed by atoms with Gasteiger partial charge in [0, 0.05) is 31.4 Å². The van der Waals surface area contributed by atoms with Gasteiger partial charge in [0.25, 0.3) is 0 Å². The molecule has 1 aromatic heterocycles. The van der Waals surface area contributed by atoms with Crippen molar-refractivity contribution in [1.82, 2.24) is 15.1 Å². The zero-order valence-corrected chi connectivity index (χ0v) is 8.80. The minimum atomic E-state index is 0.191. The molecule has 0 spiro atoms. The lowest BCUT2D eigenvalue weighted by Crippen LogP contribution is -2.33. The van der Waals surface area contributed by atoms with Gasteiger partial charge in [-0.1, -0.05) is 5.16 Å². The number of rotatable bonds is 6. The standard InChI is InChI=1S/C9H17N5O/c1-8(7-9(10)13-15)11-4-6-14-5-2-3-12-14/h2-3,5,8,11,15H,4,6-7H2,1H3,(H2,10,13). The van der Waals surface area contributed by atoms with Crippen LogP contribution in [0.3, 0.4) is 0 Å². The molecule has 6 nitrogen and oxygen atoms in total. The first-order valence-electron chi connectivity index (χ1n) is 4.89. The zero-order chi connectivity index (χ0) is 11.1. The molecule has 0 aliphatic carbocycles. The topological polar surface area (TPSA) is 88.5 Å². The quantitative estimate of drug-likeness (QED) is 0.267. The fourth-order valence-corrected chi connectivity index (χ4v) is 1.28. The number of aromatic nitrogens is 2. The second kappa shape index (κ2) is 6.02. The molecule has 84 valence electrons. The molecule has 1 heterocycles. The van der Waals surface area contributed by atoms with Crippen LogP contribution in [-0.2, 0) is 6.54 Å². The molecule has 1 aromatic rings. The molecule has 0 amide bonds. The van der Waals surface area contributed by atoms with Crippen LogP contribution in [0.15, 0.2) is 23.6 Å². The van der Waals surface area contributed by atoms with Crippen molar-refractivity contribution in [2.75, 3.05) is 6.54 Å². The summed E-state index contributed by atoms with van der Waals surface area (Å²) >= 11 is 0. The summed E-state index contributed by atoms with van der Waals surface area (Å²) in [6.45, 7) is 3.61. The van der Waals surface area contributed by atoms with Crippen LogP contribution in [0.2, 0.25) is 0 Å². The molecule has 0 aliphatic heterocycles. The summed E-state index contributed by atoms with van der Waals surface area (Å²) in [5.74, 6) is 0.245. The van der Waals surface area contributed by atoms with E-state index in [0.29, 0.717) is 6.42 Å². The van der Waals surface area contributed by atoms with Gasteiger partial charge in [-0.25, -0.2) is 0 Å². The van der Waals surface area contributed by atoms with Crippen molar-refractivity contribution in [3.05, 3.63) is 18.5 Å². The Balaban J connectivity index is 2.14. The molecule has 0 aromatic carbocycles. The van der Waals surface area contributed by atoms with Crippen LogP contribution in [0.4, 0.5) is 0 Å². The number of nitrogens with zero attached hydrogens (tertiary/aromatic N) is 3. The highest BCUT2D eigenvalue weighted by atomic mass is 16.4. The molecule has 0 fully saturated rings. The second-order valence-electron chi connectivity index (χ2n) is 3.42. The molecule has 1 rings (SSSR count). The number of hydrogen-bond acceptors (Lipinski definition) is 4. The molecule has 1 atom stereocenters. The Kier molecular flexibility index (Phi) is 4.62. The minimum Gasteiger partial charge on any atom is -0.409 e. The Hall–Kier alpha value is -1.56. The first-order chi connectivity index (χ1) is 7.22. The van der Waals surface area contributed by atoms with Crippen molar-refractivity contribution in [3.8, 4) is 0 Å². The SMILES string of the molecule is CC(CC(N)=NO)NCCn1cccn1. The molecular formula is C9H17N5O. The monoisotopic (exact) mass is 211 g/mol. The summed E-state index contributed by atoms with van der Waals surface area (Å²) in [6.07, 6.45) is 4.20. The van der Waals surface area contributed by atoms with Crippen LogP contribution in [0.5, 0.6) is 0 Å². The summed E-state index contributed by atoms with van der Waals surface area (Å²) in [5.41, 5.74) is 5.38. The number of oxime groups is 1. The summed E-state index contributed by atoms with van der Waals surface area (Å²) in [5, 5.41) is 18.6. The average Bonchev–Trinajstić information content (AvgIpc) is 2.70. The maximum Gasteiger partial charge on any atom is 0.140 e. The van der Waals surface area contributed by atoms with E-state index in [0.717, 1.165) is 13.1 Å². The van der Waals surface area contributed by atoms with Crippen LogP contribution in [0, 0.1) is 0 Å². The van der Waals surface area contributed by atoms with Crippen LogP contribution in [0.25, 0.3) is 0 Å². The lowest BCUT2D eigenvalue weighted by atomic mass is 10.2. The van der Waals surface area contributed by atoms with E-state index < -0.39 is 0 Å². The second-order valence-corrected chi connectivity index (χ2v) is 3.42. The van der Waals surface area contributed by atoms with E-state index in [2.05, 4.69) is 15.6 Å². The van der Waals surface area contributed by atoms with Crippen molar-refractivity contribution in [2.45, 2.75) is 25.9 Å². The van der Waals surface area contributed by atoms with Crippen molar-refractivity contribution in [1.29, 1.82) is 0 Å². The van der Waals surface area contributed by atoms with E-state index in [9.17, 15) is 0 Å². The van der Waals surface area contributed by atoms with E-state index >= 15 is 0 Å². The molecule has 6 heteroatoms. The Morgan fingerprint density at radius 3 is 3.13 bits per heavy atom. The van der Waals surface area contributed by atoms with E-state index in [1.54, 1.807) is 6.20 Å². The fourth-order valence-electron chi connectivity index (χ4n) is 1.28. The van der Waals surface area contributed by atoms with Crippen molar-refractivity contribution < 1.29 is 5.21 Å². The maximum atomic E-state index is 8.38. The molecule has 0 radical (unpaired) electrons. The van der Waals surface area contributed by atoms with Crippen LogP contribution in [-0.4, -0.2) is 33.4 Å². The highest BCUT2D eigenvalue weighted by Crippen LogP contribution is 1.90. The lowest BCUT2D eigenvalue weighted by molar-refractivity contribution is 0.315. The van der Waals surface area contributed by atoms with Gasteiger partial charge in [-0.2, -0.15) is 5.10 Å². The van der Waals surface area contributed by atoms with Gasteiger partial charge in [0.1, 0.15) is 5.84 Å². The molecule has 0 saturated carbocycles. The van der Waals surface area contributed by atoms with E-state index in [1.165, 1.54) is 0 Å². The Labute approximate surface area is 88.8 Å². The zero-order valence-electron chi connectivity index (χ0n) is 8.80. The van der Waals surface area contributed by atoms with E-state index in [-0.39, 0.29) is 11.9 Å². The Morgan fingerprint density at radius 1 is 1.73 bits per heavy atom. The summed E-state index contributed by atoms with van der Waals surface area (Å²) in [6, 6.07) is 2.08. The predicted molar refractivity (Wildman–Crippen MR) is 57.7 cm³/mol. The predicted octanol–water partition coefficient (Wildman–Crippen LogP) is -0.00230. The largest absolute Gasteiger partial charge is 0.409 e. The third-order valence-electron chi connectivity index (χ3n) is 2.04. The highest BCUT2D eigenvalue weighted by Gasteiger charge is 2.03. The lowest BCUT2D eigenvalue weighted by Gasteiger charge is -2.12. The fraction of sp³-hybridized carbons (Fsp3) is 0.556. The highest BCUT2D eigenvalue weighted by molar-refractivity contribution is 5.80. The molecule has 0 aliphatic rings. The first-order valence-corrected chi connectivity index (χ1v) is 4.89. The van der Waals surface area contributed by atoms with E-state index in [4.69, 9.17) is 10.9 Å². The molecule has 0 saturated heterocycles. The number of amidine groups is 1. The van der Waals surface area contributed by atoms with Crippen LogP contribution >= 0.6 is 0 Å². The van der Waals surface area contributed by atoms with Gasteiger partial charge in [-0.05, 0) is 13.0 Å². The van der Waals surface area contributed by atoms with Gasteiger partial charge in [-0.3, -0.25) is 4.68 Å². The molecular weight excluding hydrogens is 194 g/mol. The van der Waals surface area contributed by atoms with Gasteiger partial charge >= 0.3 is 0 Å². The molecule has 15 heavy (non-hydrogen) atoms. The van der Waals surface area contributed by atoms with E-state index in [1.807, 2.05) is 23.9 Å². The Bertz CT molecular complexity index is 295. The number of nitrogens with two attached hydrogens (primary N) is 1. The van der Waals surface area contributed by atoms with Gasteiger partial charge < -0.3 is 16.3 Å². The normalized spacial score (nSPS) is 14.1. The summed E-state index contributed by atoms with van der Waals surface area (Å²) in [7, 11) is 0. The van der Waals surface area contributed by atoms with Gasteiger partial charge in [-0.15, -0.1) is 0 Å². The van der Waals surface area contributed by atoms with Gasteiger partial charge in [0.05, 0.1) is 6.54 Å². The third kappa shape index (κ3) is 4.46. The number of nitrogens with one attached hydrogen (secondary N) is 1. The van der Waals surface area contributed by atoms with Crippen molar-refractivity contribution in [3.63, 3.8) is 0 Å². The van der Waals surface area contributed by atoms with Gasteiger partial charge in [0.15, 0.2) is 0 Å². The average molecular weight is 211 g/mol. The van der Waals surface area contributed by atoms with Crippen LogP contribution in [0.1, 0.15) is 13.3 Å². The van der Waals surface area contributed by atoms with Crippen LogP contribution < -0.4 is 11.1 Å². The third-order valence-corrected chi connectivity index (χ3v) is 2.04. The molecule has 1 unspecified atom stereocenters. The first kappa shape index (κ1) is 11.5. The molecule has 0 bridgehead atoms. The Morgan fingerprint density at radius 2 is 2.53 bits per heavy atom. The smallest absolute Gasteiger partial charge is 0.140 e. The maximum absolute atomic E-state index is 8.38. The number of hydrogen-bond donors (Lipinski definition) is 3. The van der Waals surface area contributed by atoms with Crippen molar-refractivity contribution >= 4 is 5.84 Å². The minimum absolute atomic E-state index is 0.191. The van der Waals surface area contributed by atoms with Gasteiger partial charge in [0.2, 0.25) is 0 Å². The summed E-state index contributed by atoms with van der Waals surface area (Å²) < 4.78 is 1.85. The summed E-state index contributed by atoms with van der Waals surface area (Å²) in [4.78, 5) is 0.